The fourth-order valence-corrected chi connectivity index (χ4v) is 2.37. The molecule has 100 valence electrons. The fraction of sp³-hybridized carbons (Fsp3) is 0.0667. The van der Waals surface area contributed by atoms with E-state index in [1.54, 1.807) is 48.5 Å². The topological polar surface area (TPSA) is 57.6 Å². The summed E-state index contributed by atoms with van der Waals surface area (Å²) < 4.78 is 0. The van der Waals surface area contributed by atoms with E-state index in [4.69, 9.17) is 11.6 Å². The zero-order valence-electron chi connectivity index (χ0n) is 10.3. The monoisotopic (exact) mass is 287 g/mol. The number of rotatable bonds is 1. The molecular formula is C15H10ClNO3. The quantitative estimate of drug-likeness (QED) is 0.820. The van der Waals surface area contributed by atoms with Gasteiger partial charge in [0.2, 0.25) is 0 Å². The second-order valence-electron chi connectivity index (χ2n) is 4.45. The number of amides is 2. The van der Waals surface area contributed by atoms with Crippen LogP contribution < -0.4 is 4.90 Å². The van der Waals surface area contributed by atoms with Crippen LogP contribution in [0.1, 0.15) is 22.0 Å². The Morgan fingerprint density at radius 1 is 1.00 bits per heavy atom. The van der Waals surface area contributed by atoms with Crippen LogP contribution >= 0.6 is 11.6 Å². The Morgan fingerprint density at radius 2 is 1.65 bits per heavy atom. The van der Waals surface area contributed by atoms with E-state index in [0.29, 0.717) is 21.8 Å². The van der Waals surface area contributed by atoms with Crippen molar-refractivity contribution in [1.82, 2.24) is 0 Å². The average Bonchev–Trinajstić information content (AvgIpc) is 2.47. The van der Waals surface area contributed by atoms with E-state index < -0.39 is 17.9 Å². The average molecular weight is 288 g/mol. The highest BCUT2D eigenvalue weighted by Gasteiger charge is 2.38. The molecule has 0 bridgehead atoms. The Balaban J connectivity index is 2.12. The van der Waals surface area contributed by atoms with Gasteiger partial charge in [-0.2, -0.15) is 0 Å². The Labute approximate surface area is 120 Å². The molecule has 0 aliphatic carbocycles. The first kappa shape index (κ1) is 12.8. The van der Waals surface area contributed by atoms with Crippen LogP contribution in [0.2, 0.25) is 5.02 Å². The number of carbonyl (C=O) groups is 2. The molecule has 2 aromatic rings. The highest BCUT2D eigenvalue weighted by Crippen LogP contribution is 2.31. The van der Waals surface area contributed by atoms with Gasteiger partial charge in [-0.05, 0) is 30.3 Å². The smallest absolute Gasteiger partial charge is 0.267 e. The normalized spacial score (nSPS) is 18.1. The number of aliphatic hydroxyl groups is 1. The number of aliphatic hydroxyl groups excluding tert-OH is 1. The lowest BCUT2D eigenvalue weighted by Gasteiger charge is -2.29. The van der Waals surface area contributed by atoms with Crippen LogP contribution in [-0.4, -0.2) is 16.9 Å². The maximum absolute atomic E-state index is 12.4. The summed E-state index contributed by atoms with van der Waals surface area (Å²) in [5.41, 5.74) is 1.06. The molecule has 3 rings (SSSR count). The number of imide groups is 1. The molecule has 20 heavy (non-hydrogen) atoms. The summed E-state index contributed by atoms with van der Waals surface area (Å²) >= 11 is 5.80. The van der Waals surface area contributed by atoms with E-state index in [9.17, 15) is 14.7 Å². The first-order valence-electron chi connectivity index (χ1n) is 6.00. The largest absolute Gasteiger partial charge is 0.378 e. The van der Waals surface area contributed by atoms with Crippen molar-refractivity contribution in [2.75, 3.05) is 4.90 Å². The minimum atomic E-state index is -1.33. The number of fused-ring (bicyclic) bond motifs is 1. The summed E-state index contributed by atoms with van der Waals surface area (Å²) in [5, 5.41) is 10.6. The van der Waals surface area contributed by atoms with Crippen LogP contribution in [0.15, 0.2) is 48.5 Å². The van der Waals surface area contributed by atoms with Gasteiger partial charge in [0, 0.05) is 16.1 Å². The van der Waals surface area contributed by atoms with E-state index >= 15 is 0 Å². The number of benzene rings is 2. The lowest BCUT2D eigenvalue weighted by Crippen LogP contribution is -2.45. The summed E-state index contributed by atoms with van der Waals surface area (Å²) in [6.45, 7) is 0. The van der Waals surface area contributed by atoms with Gasteiger partial charge in [0.25, 0.3) is 11.8 Å². The van der Waals surface area contributed by atoms with Crippen molar-refractivity contribution in [3.8, 4) is 0 Å². The molecule has 0 fully saturated rings. The molecule has 0 saturated carbocycles. The first-order chi connectivity index (χ1) is 9.59. The summed E-state index contributed by atoms with van der Waals surface area (Å²) in [7, 11) is 0. The standard InChI is InChI=1S/C15H10ClNO3/c16-9-5-7-10(8-6-9)17-14(19)12-4-2-1-3-11(12)13(18)15(17)20/h1-8,13,18H. The van der Waals surface area contributed by atoms with Crippen LogP contribution in [0.25, 0.3) is 0 Å². The predicted octanol–water partition coefficient (Wildman–Crippen LogP) is 2.56. The van der Waals surface area contributed by atoms with Crippen molar-refractivity contribution in [2.24, 2.45) is 0 Å². The highest BCUT2D eigenvalue weighted by molar-refractivity contribution is 6.31. The number of nitrogens with zero attached hydrogens (tertiary/aromatic N) is 1. The third-order valence-electron chi connectivity index (χ3n) is 3.23. The fourth-order valence-electron chi connectivity index (χ4n) is 2.24. The summed E-state index contributed by atoms with van der Waals surface area (Å²) in [4.78, 5) is 25.6. The Hall–Kier alpha value is -2.17. The molecule has 5 heteroatoms. The van der Waals surface area contributed by atoms with E-state index in [1.807, 2.05) is 0 Å². The summed E-state index contributed by atoms with van der Waals surface area (Å²) in [6.07, 6.45) is -1.33. The van der Waals surface area contributed by atoms with Gasteiger partial charge in [0.05, 0.1) is 5.69 Å². The Bertz CT molecular complexity index is 697. The first-order valence-corrected chi connectivity index (χ1v) is 6.38. The van der Waals surface area contributed by atoms with Crippen molar-refractivity contribution in [3.05, 3.63) is 64.7 Å². The zero-order chi connectivity index (χ0) is 14.3. The molecule has 0 spiro atoms. The summed E-state index contributed by atoms with van der Waals surface area (Å²) in [6, 6.07) is 12.9. The maximum Gasteiger partial charge on any atom is 0.267 e. The zero-order valence-corrected chi connectivity index (χ0v) is 11.0. The van der Waals surface area contributed by atoms with Crippen molar-refractivity contribution in [1.29, 1.82) is 0 Å². The molecule has 0 saturated heterocycles. The molecule has 1 unspecified atom stereocenters. The molecule has 0 radical (unpaired) electrons. The molecule has 1 atom stereocenters. The van der Waals surface area contributed by atoms with E-state index in [2.05, 4.69) is 0 Å². The SMILES string of the molecule is O=C1c2ccccc2C(O)C(=O)N1c1ccc(Cl)cc1. The van der Waals surface area contributed by atoms with E-state index in [1.165, 1.54) is 0 Å². The molecule has 2 aromatic carbocycles. The second-order valence-corrected chi connectivity index (χ2v) is 4.88. The van der Waals surface area contributed by atoms with Crippen LogP contribution in [0.5, 0.6) is 0 Å². The lowest BCUT2D eigenvalue weighted by molar-refractivity contribution is -0.126. The molecular weight excluding hydrogens is 278 g/mol. The number of hydrogen-bond donors (Lipinski definition) is 1. The number of anilines is 1. The molecule has 4 nitrogen and oxygen atoms in total. The third kappa shape index (κ3) is 1.90. The molecule has 2 amide bonds. The highest BCUT2D eigenvalue weighted by atomic mass is 35.5. The van der Waals surface area contributed by atoms with Gasteiger partial charge in [0.1, 0.15) is 0 Å². The number of carbonyl (C=O) groups excluding carboxylic acids is 2. The van der Waals surface area contributed by atoms with Gasteiger partial charge in [-0.1, -0.05) is 29.8 Å². The predicted molar refractivity (Wildman–Crippen MR) is 74.7 cm³/mol. The summed E-state index contributed by atoms with van der Waals surface area (Å²) in [5.74, 6) is -1.10. The molecule has 1 aliphatic heterocycles. The lowest BCUT2D eigenvalue weighted by atomic mass is 9.95. The minimum absolute atomic E-state index is 0.328. The Kier molecular flexibility index (Phi) is 3.04. The van der Waals surface area contributed by atoms with Crippen LogP contribution in [0.4, 0.5) is 5.69 Å². The van der Waals surface area contributed by atoms with Crippen LogP contribution in [-0.2, 0) is 4.79 Å². The Morgan fingerprint density at radius 3 is 2.35 bits per heavy atom. The van der Waals surface area contributed by atoms with Gasteiger partial charge >= 0.3 is 0 Å². The van der Waals surface area contributed by atoms with Gasteiger partial charge < -0.3 is 5.11 Å². The van der Waals surface area contributed by atoms with Crippen molar-refractivity contribution < 1.29 is 14.7 Å². The van der Waals surface area contributed by atoms with Gasteiger partial charge in [-0.25, -0.2) is 4.90 Å². The molecule has 1 heterocycles. The van der Waals surface area contributed by atoms with Crippen molar-refractivity contribution in [3.63, 3.8) is 0 Å². The second kappa shape index (κ2) is 4.74. The van der Waals surface area contributed by atoms with Gasteiger partial charge in [0.15, 0.2) is 6.10 Å². The maximum atomic E-state index is 12.4. The van der Waals surface area contributed by atoms with Crippen molar-refractivity contribution in [2.45, 2.75) is 6.10 Å². The van der Waals surface area contributed by atoms with Gasteiger partial charge in [-0.3, -0.25) is 9.59 Å². The van der Waals surface area contributed by atoms with E-state index in [0.717, 1.165) is 4.90 Å². The van der Waals surface area contributed by atoms with Crippen LogP contribution in [0.3, 0.4) is 0 Å². The van der Waals surface area contributed by atoms with E-state index in [-0.39, 0.29) is 0 Å². The molecule has 0 aromatic heterocycles. The molecule has 1 N–H and O–H groups in total. The number of hydrogen-bond acceptors (Lipinski definition) is 3. The van der Waals surface area contributed by atoms with Crippen LogP contribution in [0, 0.1) is 0 Å². The van der Waals surface area contributed by atoms with Gasteiger partial charge in [-0.15, -0.1) is 0 Å². The number of halogens is 1. The molecule has 1 aliphatic rings. The van der Waals surface area contributed by atoms with Crippen molar-refractivity contribution >= 4 is 29.1 Å². The third-order valence-corrected chi connectivity index (χ3v) is 3.48. The minimum Gasteiger partial charge on any atom is -0.378 e.